The van der Waals surface area contributed by atoms with Gasteiger partial charge in [0.2, 0.25) is 5.91 Å². The van der Waals surface area contributed by atoms with E-state index in [9.17, 15) is 24.3 Å². The molecular weight excluding hydrogens is 376 g/mol. The maximum absolute atomic E-state index is 12.4. The Hall–Kier alpha value is -2.27. The zero-order chi connectivity index (χ0) is 20.1. The van der Waals surface area contributed by atoms with E-state index in [0.29, 0.717) is 6.42 Å². The van der Waals surface area contributed by atoms with Crippen LogP contribution in [0, 0.1) is 0 Å². The molecule has 2 rings (SSSR count). The molecule has 0 spiro atoms. The Morgan fingerprint density at radius 2 is 2.11 bits per heavy atom. The van der Waals surface area contributed by atoms with Gasteiger partial charge in [0.05, 0.1) is 6.04 Å². The number of hydrogen-bond acceptors (Lipinski definition) is 7. The predicted molar refractivity (Wildman–Crippen MR) is 97.3 cm³/mol. The van der Waals surface area contributed by atoms with Gasteiger partial charge in [-0.05, 0) is 6.42 Å². The number of fused-ring (bicyclic) bond motifs is 1. The summed E-state index contributed by atoms with van der Waals surface area (Å²) >= 11 is 1.28. The van der Waals surface area contributed by atoms with E-state index in [0.717, 1.165) is 24.2 Å². The van der Waals surface area contributed by atoms with Crippen LogP contribution in [0.15, 0.2) is 11.3 Å². The summed E-state index contributed by atoms with van der Waals surface area (Å²) in [6, 6.07) is -1.53. The molecule has 1 saturated heterocycles. The lowest BCUT2D eigenvalue weighted by molar-refractivity contribution is -0.151. The van der Waals surface area contributed by atoms with Gasteiger partial charge in [0.25, 0.3) is 5.91 Å². The standard InChI is InChI=1S/C16H24N4O6S/c1-2-3-4-5-9(17)12(21)19-10-13(22)20-11(15(23)24)8(6-26-16(18)25)7-27-14(10)20/h9-10,14H,2-7,17H2,1H3,(H2,18,25)(H,19,21)(H,23,24)/t9?,10?,14-/m0/s1. The fraction of sp³-hybridized carbons (Fsp3) is 0.625. The average Bonchev–Trinajstić information content (AvgIpc) is 2.62. The molecule has 27 heavy (non-hydrogen) atoms. The van der Waals surface area contributed by atoms with Crippen LogP contribution in [0.2, 0.25) is 0 Å². The highest BCUT2D eigenvalue weighted by molar-refractivity contribution is 8.00. The summed E-state index contributed by atoms with van der Waals surface area (Å²) in [6.45, 7) is 1.74. The number of unbranched alkanes of at least 4 members (excludes halogenated alkanes) is 2. The second-order valence-corrected chi connectivity index (χ2v) is 7.47. The quantitative estimate of drug-likeness (QED) is 0.303. The normalized spacial score (nSPS) is 22.6. The summed E-state index contributed by atoms with van der Waals surface area (Å²) < 4.78 is 4.65. The second kappa shape index (κ2) is 9.09. The third-order valence-electron chi connectivity index (χ3n) is 4.39. The van der Waals surface area contributed by atoms with Crippen molar-refractivity contribution in [1.82, 2.24) is 10.2 Å². The van der Waals surface area contributed by atoms with E-state index in [1.54, 1.807) is 0 Å². The van der Waals surface area contributed by atoms with Crippen molar-refractivity contribution in [2.75, 3.05) is 12.4 Å². The minimum atomic E-state index is -1.31. The van der Waals surface area contributed by atoms with Crippen molar-refractivity contribution < 1.29 is 29.0 Å². The van der Waals surface area contributed by atoms with Gasteiger partial charge in [-0.1, -0.05) is 26.2 Å². The number of aliphatic carboxylic acids is 1. The number of carboxylic acid groups (broad SMARTS) is 1. The Morgan fingerprint density at radius 1 is 1.41 bits per heavy atom. The number of thioether (sulfide) groups is 1. The molecule has 0 aromatic rings. The first-order valence-corrected chi connectivity index (χ1v) is 9.71. The first-order valence-electron chi connectivity index (χ1n) is 8.66. The third-order valence-corrected chi connectivity index (χ3v) is 5.73. The molecular formula is C16H24N4O6S. The second-order valence-electron chi connectivity index (χ2n) is 6.36. The molecule has 0 bridgehead atoms. The van der Waals surface area contributed by atoms with Crippen LogP contribution in [-0.4, -0.2) is 63.7 Å². The van der Waals surface area contributed by atoms with E-state index >= 15 is 0 Å². The van der Waals surface area contributed by atoms with Crippen molar-refractivity contribution in [3.8, 4) is 0 Å². The summed E-state index contributed by atoms with van der Waals surface area (Å²) in [7, 11) is 0. The summed E-state index contributed by atoms with van der Waals surface area (Å²) in [5.74, 6) is -2.03. The Balaban J connectivity index is 2.03. The molecule has 0 aliphatic carbocycles. The van der Waals surface area contributed by atoms with Gasteiger partial charge >= 0.3 is 12.1 Å². The Labute approximate surface area is 160 Å². The monoisotopic (exact) mass is 400 g/mol. The number of nitrogens with one attached hydrogen (secondary N) is 1. The van der Waals surface area contributed by atoms with Crippen molar-refractivity contribution in [3.05, 3.63) is 11.3 Å². The number of rotatable bonds is 9. The Bertz CT molecular complexity index is 667. The van der Waals surface area contributed by atoms with Crippen molar-refractivity contribution in [1.29, 1.82) is 0 Å². The van der Waals surface area contributed by atoms with Gasteiger partial charge in [0.1, 0.15) is 23.7 Å². The number of carbonyl (C=O) groups excluding carboxylic acids is 3. The SMILES string of the molecule is CCCCCC(N)C(=O)NC1C(=O)N2C(C(=O)O)=C(COC(N)=O)CS[C@@H]12. The number of carbonyl (C=O) groups is 4. The number of β-lactam (4-membered cyclic amide) rings is 1. The molecule has 3 amide bonds. The van der Waals surface area contributed by atoms with Crippen molar-refractivity contribution >= 4 is 35.6 Å². The summed E-state index contributed by atoms with van der Waals surface area (Å²) in [5.41, 5.74) is 10.8. The lowest BCUT2D eigenvalue weighted by Gasteiger charge is -2.49. The predicted octanol–water partition coefficient (Wildman–Crippen LogP) is -0.272. The molecule has 2 unspecified atom stereocenters. The molecule has 0 aromatic carbocycles. The van der Waals surface area contributed by atoms with Crippen molar-refractivity contribution in [2.45, 2.75) is 50.1 Å². The first-order chi connectivity index (χ1) is 12.8. The molecule has 2 aliphatic rings. The number of amides is 3. The summed E-state index contributed by atoms with van der Waals surface area (Å²) in [5, 5.41) is 11.5. The highest BCUT2D eigenvalue weighted by atomic mass is 32.2. The average molecular weight is 400 g/mol. The molecule has 2 heterocycles. The fourth-order valence-electron chi connectivity index (χ4n) is 2.96. The zero-order valence-corrected chi connectivity index (χ0v) is 15.8. The van der Waals surface area contributed by atoms with E-state index in [1.165, 1.54) is 11.8 Å². The van der Waals surface area contributed by atoms with Crippen molar-refractivity contribution in [3.63, 3.8) is 0 Å². The highest BCUT2D eigenvalue weighted by Crippen LogP contribution is 2.40. The number of carboxylic acids is 1. The molecule has 1 fully saturated rings. The van der Waals surface area contributed by atoms with Gasteiger partial charge in [-0.25, -0.2) is 9.59 Å². The number of hydrogen-bond donors (Lipinski definition) is 4. The minimum absolute atomic E-state index is 0.234. The van der Waals surface area contributed by atoms with Gasteiger partial charge < -0.3 is 26.6 Å². The molecule has 6 N–H and O–H groups in total. The highest BCUT2D eigenvalue weighted by Gasteiger charge is 2.54. The van der Waals surface area contributed by atoms with Crippen LogP contribution in [0.25, 0.3) is 0 Å². The molecule has 2 aliphatic heterocycles. The molecule has 150 valence electrons. The molecule has 10 nitrogen and oxygen atoms in total. The van der Waals surface area contributed by atoms with Crippen LogP contribution in [0.4, 0.5) is 4.79 Å². The van der Waals surface area contributed by atoms with E-state index in [-0.39, 0.29) is 23.6 Å². The van der Waals surface area contributed by atoms with Gasteiger partial charge in [-0.15, -0.1) is 11.8 Å². The zero-order valence-electron chi connectivity index (χ0n) is 15.0. The van der Waals surface area contributed by atoms with E-state index < -0.39 is 41.3 Å². The Kier molecular flexibility index (Phi) is 7.08. The van der Waals surface area contributed by atoms with Crippen LogP contribution >= 0.6 is 11.8 Å². The van der Waals surface area contributed by atoms with Crippen LogP contribution < -0.4 is 16.8 Å². The van der Waals surface area contributed by atoms with E-state index in [2.05, 4.69) is 10.1 Å². The largest absolute Gasteiger partial charge is 0.477 e. The molecule has 11 heteroatoms. The topological polar surface area (TPSA) is 165 Å². The summed E-state index contributed by atoms with van der Waals surface area (Å²) in [4.78, 5) is 48.1. The van der Waals surface area contributed by atoms with E-state index in [1.807, 2.05) is 6.92 Å². The third kappa shape index (κ3) is 4.72. The lowest BCUT2D eigenvalue weighted by atomic mass is 10.0. The van der Waals surface area contributed by atoms with Crippen LogP contribution in [0.5, 0.6) is 0 Å². The maximum atomic E-state index is 12.4. The number of primary amides is 1. The minimum Gasteiger partial charge on any atom is -0.477 e. The molecule has 0 aromatic heterocycles. The number of ether oxygens (including phenoxy) is 1. The van der Waals surface area contributed by atoms with Crippen LogP contribution in [-0.2, 0) is 19.1 Å². The van der Waals surface area contributed by atoms with Gasteiger partial charge in [-0.3, -0.25) is 14.5 Å². The van der Waals surface area contributed by atoms with Crippen molar-refractivity contribution in [2.24, 2.45) is 11.5 Å². The number of nitrogens with two attached hydrogens (primary N) is 2. The molecule has 3 atom stereocenters. The van der Waals surface area contributed by atoms with Gasteiger partial charge in [0, 0.05) is 11.3 Å². The first kappa shape index (κ1) is 21.0. The maximum Gasteiger partial charge on any atom is 0.404 e. The van der Waals surface area contributed by atoms with Crippen LogP contribution in [0.1, 0.15) is 32.6 Å². The fourth-order valence-corrected chi connectivity index (χ4v) is 4.29. The molecule has 0 saturated carbocycles. The van der Waals surface area contributed by atoms with E-state index in [4.69, 9.17) is 11.5 Å². The summed E-state index contributed by atoms with van der Waals surface area (Å²) in [6.07, 6.45) is 2.30. The molecule has 0 radical (unpaired) electrons. The smallest absolute Gasteiger partial charge is 0.404 e. The number of nitrogens with zero attached hydrogens (tertiary/aromatic N) is 1. The Morgan fingerprint density at radius 3 is 2.70 bits per heavy atom. The van der Waals surface area contributed by atoms with Crippen LogP contribution in [0.3, 0.4) is 0 Å². The van der Waals surface area contributed by atoms with Gasteiger partial charge in [0.15, 0.2) is 0 Å². The lowest BCUT2D eigenvalue weighted by Crippen LogP contribution is -2.71. The van der Waals surface area contributed by atoms with Gasteiger partial charge in [-0.2, -0.15) is 0 Å².